The number of hydrogen-bond donors (Lipinski definition) is 2. The molecular weight excluding hydrogens is 240 g/mol. The number of aliphatic carboxylic acids is 1. The molecule has 0 aliphatic heterocycles. The van der Waals surface area contributed by atoms with Crippen LogP contribution in [0.1, 0.15) is 0 Å². The third-order valence-electron chi connectivity index (χ3n) is 1.30. The number of carboxylic acids is 1. The molecule has 5 heteroatoms. The number of aromatic hydroxyl groups is 1. The average Bonchev–Trinajstić information content (AvgIpc) is 2.07. The van der Waals surface area contributed by atoms with E-state index in [4.69, 9.17) is 9.84 Å². The van der Waals surface area contributed by atoms with Gasteiger partial charge in [0.1, 0.15) is 0 Å². The number of halogens is 1. The maximum Gasteiger partial charge on any atom is 0.341 e. The number of benzene rings is 1. The molecule has 2 N–H and O–H groups in total. The molecule has 0 aliphatic carbocycles. The first kappa shape index (κ1) is 9.85. The molecule has 1 aromatic rings. The third-order valence-corrected chi connectivity index (χ3v) is 1.94. The lowest BCUT2D eigenvalue weighted by molar-refractivity contribution is -0.139. The van der Waals surface area contributed by atoms with Crippen molar-refractivity contribution in [3.8, 4) is 11.5 Å². The number of phenols is 1. The van der Waals surface area contributed by atoms with Gasteiger partial charge in [-0.05, 0) is 28.1 Å². The molecule has 0 heterocycles. The minimum Gasteiger partial charge on any atom is -0.503 e. The van der Waals surface area contributed by atoms with Gasteiger partial charge in [0, 0.05) is 0 Å². The fourth-order valence-electron chi connectivity index (χ4n) is 0.752. The van der Waals surface area contributed by atoms with Crippen LogP contribution in [0.25, 0.3) is 0 Å². The Morgan fingerprint density at radius 3 is 2.85 bits per heavy atom. The zero-order chi connectivity index (χ0) is 9.84. The van der Waals surface area contributed by atoms with Crippen LogP contribution >= 0.6 is 15.9 Å². The summed E-state index contributed by atoms with van der Waals surface area (Å²) in [6, 6.07) is 4.76. The molecule has 1 rings (SSSR count). The SMILES string of the molecule is O=C(O)COc1cccc(Br)c1O. The lowest BCUT2D eigenvalue weighted by atomic mass is 10.3. The number of carbonyl (C=O) groups is 1. The lowest BCUT2D eigenvalue weighted by Gasteiger charge is -2.05. The first-order chi connectivity index (χ1) is 6.11. The maximum atomic E-state index is 10.2. The topological polar surface area (TPSA) is 66.8 Å². The minimum absolute atomic E-state index is 0.0937. The summed E-state index contributed by atoms with van der Waals surface area (Å²) in [5.41, 5.74) is 0. The molecule has 0 saturated carbocycles. The zero-order valence-electron chi connectivity index (χ0n) is 6.53. The lowest BCUT2D eigenvalue weighted by Crippen LogP contribution is -2.09. The Morgan fingerprint density at radius 2 is 2.23 bits per heavy atom. The fraction of sp³-hybridized carbons (Fsp3) is 0.125. The second-order valence-electron chi connectivity index (χ2n) is 2.27. The summed E-state index contributed by atoms with van der Waals surface area (Å²) >= 11 is 3.08. The Labute approximate surface area is 82.9 Å². The van der Waals surface area contributed by atoms with E-state index in [1.165, 1.54) is 6.07 Å². The molecule has 4 nitrogen and oxygen atoms in total. The average molecular weight is 247 g/mol. The summed E-state index contributed by atoms with van der Waals surface area (Å²) < 4.78 is 5.27. The van der Waals surface area contributed by atoms with E-state index in [9.17, 15) is 9.90 Å². The van der Waals surface area contributed by atoms with Gasteiger partial charge in [0.15, 0.2) is 18.1 Å². The van der Waals surface area contributed by atoms with Crippen molar-refractivity contribution in [2.45, 2.75) is 0 Å². The van der Waals surface area contributed by atoms with Crippen LogP contribution in [0.15, 0.2) is 22.7 Å². The Morgan fingerprint density at radius 1 is 1.54 bits per heavy atom. The van der Waals surface area contributed by atoms with Crippen molar-refractivity contribution in [3.63, 3.8) is 0 Å². The second-order valence-corrected chi connectivity index (χ2v) is 3.12. The highest BCUT2D eigenvalue weighted by atomic mass is 79.9. The molecule has 0 fully saturated rings. The normalized spacial score (nSPS) is 9.62. The Balaban J connectivity index is 2.77. The molecular formula is C8H7BrO4. The molecule has 70 valence electrons. The predicted octanol–water partition coefficient (Wildman–Crippen LogP) is 1.62. The molecule has 13 heavy (non-hydrogen) atoms. The predicted molar refractivity (Wildman–Crippen MR) is 48.9 cm³/mol. The van der Waals surface area contributed by atoms with Crippen molar-refractivity contribution in [3.05, 3.63) is 22.7 Å². The smallest absolute Gasteiger partial charge is 0.341 e. The van der Waals surface area contributed by atoms with Crippen molar-refractivity contribution in [1.29, 1.82) is 0 Å². The van der Waals surface area contributed by atoms with E-state index in [0.717, 1.165) is 0 Å². The van der Waals surface area contributed by atoms with Gasteiger partial charge in [-0.25, -0.2) is 4.79 Å². The van der Waals surface area contributed by atoms with Gasteiger partial charge in [-0.1, -0.05) is 6.07 Å². The number of para-hydroxylation sites is 1. The van der Waals surface area contributed by atoms with E-state index in [-0.39, 0.29) is 11.5 Å². The molecule has 0 radical (unpaired) electrons. The monoisotopic (exact) mass is 246 g/mol. The Hall–Kier alpha value is -1.23. The van der Waals surface area contributed by atoms with Crippen molar-refractivity contribution in [2.75, 3.05) is 6.61 Å². The highest BCUT2D eigenvalue weighted by Gasteiger charge is 2.06. The summed E-state index contributed by atoms with van der Waals surface area (Å²) in [5, 5.41) is 17.7. The summed E-state index contributed by atoms with van der Waals surface area (Å²) in [6.45, 7) is -0.468. The van der Waals surface area contributed by atoms with E-state index in [2.05, 4.69) is 15.9 Å². The maximum absolute atomic E-state index is 10.2. The molecule has 0 spiro atoms. The van der Waals surface area contributed by atoms with Crippen molar-refractivity contribution in [1.82, 2.24) is 0 Å². The van der Waals surface area contributed by atoms with E-state index in [0.29, 0.717) is 4.47 Å². The van der Waals surface area contributed by atoms with Crippen LogP contribution in [-0.2, 0) is 4.79 Å². The van der Waals surface area contributed by atoms with Gasteiger partial charge in [-0.3, -0.25) is 0 Å². The van der Waals surface area contributed by atoms with Crippen LogP contribution in [0.4, 0.5) is 0 Å². The molecule has 0 atom stereocenters. The standard InChI is InChI=1S/C8H7BrO4/c9-5-2-1-3-6(8(5)12)13-4-7(10)11/h1-3,12H,4H2,(H,10,11). The van der Waals surface area contributed by atoms with E-state index in [1.54, 1.807) is 12.1 Å². The van der Waals surface area contributed by atoms with Crippen LogP contribution in [0.2, 0.25) is 0 Å². The zero-order valence-corrected chi connectivity index (χ0v) is 8.11. The molecule has 0 bridgehead atoms. The summed E-state index contributed by atoms with van der Waals surface area (Å²) in [5.74, 6) is -1.03. The van der Waals surface area contributed by atoms with E-state index >= 15 is 0 Å². The molecule has 0 unspecified atom stereocenters. The van der Waals surface area contributed by atoms with Crippen LogP contribution in [-0.4, -0.2) is 22.8 Å². The number of phenolic OH excluding ortho intramolecular Hbond substituents is 1. The van der Waals surface area contributed by atoms with Gasteiger partial charge < -0.3 is 14.9 Å². The van der Waals surface area contributed by atoms with Gasteiger partial charge in [0.25, 0.3) is 0 Å². The molecule has 0 aliphatic rings. The van der Waals surface area contributed by atoms with Gasteiger partial charge in [0.2, 0.25) is 0 Å². The van der Waals surface area contributed by atoms with Crippen LogP contribution < -0.4 is 4.74 Å². The largest absolute Gasteiger partial charge is 0.503 e. The summed E-state index contributed by atoms with van der Waals surface area (Å²) in [6.07, 6.45) is 0. The number of ether oxygens (including phenoxy) is 1. The fourth-order valence-corrected chi connectivity index (χ4v) is 1.10. The van der Waals surface area contributed by atoms with Crippen LogP contribution in [0.5, 0.6) is 11.5 Å². The van der Waals surface area contributed by atoms with Gasteiger partial charge in [-0.15, -0.1) is 0 Å². The first-order valence-electron chi connectivity index (χ1n) is 3.43. The Kier molecular flexibility index (Phi) is 3.13. The summed E-state index contributed by atoms with van der Waals surface area (Å²) in [4.78, 5) is 10.2. The first-order valence-corrected chi connectivity index (χ1v) is 4.22. The summed E-state index contributed by atoms with van der Waals surface area (Å²) in [7, 11) is 0. The molecule has 1 aromatic carbocycles. The molecule has 0 aromatic heterocycles. The highest BCUT2D eigenvalue weighted by molar-refractivity contribution is 9.10. The number of hydrogen-bond acceptors (Lipinski definition) is 3. The molecule has 0 saturated heterocycles. The van der Waals surface area contributed by atoms with Crippen LogP contribution in [0.3, 0.4) is 0 Å². The van der Waals surface area contributed by atoms with Crippen molar-refractivity contribution < 1.29 is 19.7 Å². The molecule has 0 amide bonds. The van der Waals surface area contributed by atoms with Gasteiger partial charge in [-0.2, -0.15) is 0 Å². The Bertz CT molecular complexity index is 324. The number of carboxylic acid groups (broad SMARTS) is 1. The third kappa shape index (κ3) is 2.62. The van der Waals surface area contributed by atoms with E-state index < -0.39 is 12.6 Å². The van der Waals surface area contributed by atoms with Gasteiger partial charge in [0.05, 0.1) is 4.47 Å². The second kappa shape index (κ2) is 4.13. The van der Waals surface area contributed by atoms with Crippen molar-refractivity contribution >= 4 is 21.9 Å². The van der Waals surface area contributed by atoms with Crippen LogP contribution in [0, 0.1) is 0 Å². The van der Waals surface area contributed by atoms with E-state index in [1.807, 2.05) is 0 Å². The van der Waals surface area contributed by atoms with Crippen molar-refractivity contribution in [2.24, 2.45) is 0 Å². The quantitative estimate of drug-likeness (QED) is 0.851. The minimum atomic E-state index is -1.08. The highest BCUT2D eigenvalue weighted by Crippen LogP contribution is 2.33. The van der Waals surface area contributed by atoms with Gasteiger partial charge >= 0.3 is 5.97 Å². The number of rotatable bonds is 3.